The molecule has 0 aliphatic carbocycles. The molecule has 20 heavy (non-hydrogen) atoms. The molecule has 0 spiro atoms. The summed E-state index contributed by atoms with van der Waals surface area (Å²) < 4.78 is 1.82. The first-order valence-corrected chi connectivity index (χ1v) is 7.30. The minimum atomic E-state index is 0.729. The molecule has 1 aromatic carbocycles. The van der Waals surface area contributed by atoms with Crippen LogP contribution in [0.25, 0.3) is 11.4 Å². The zero-order chi connectivity index (χ0) is 14.5. The van der Waals surface area contributed by atoms with Crippen molar-refractivity contribution in [3.05, 3.63) is 47.3 Å². The lowest BCUT2D eigenvalue weighted by Gasteiger charge is -2.00. The highest BCUT2D eigenvalue weighted by molar-refractivity contribution is 6.30. The standard InChI is InChI=1S/C16H20ClN3/c1-4-5-12(2)6-11-15-18-16(20(3)19-15)13-7-9-14(17)10-8-13/h7-10H,2,4-6,11H2,1,3H3. The predicted octanol–water partition coefficient (Wildman–Crippen LogP) is 4.42. The summed E-state index contributed by atoms with van der Waals surface area (Å²) >= 11 is 5.91. The Morgan fingerprint density at radius 2 is 1.95 bits per heavy atom. The van der Waals surface area contributed by atoms with Crippen molar-refractivity contribution in [1.29, 1.82) is 0 Å². The summed E-state index contributed by atoms with van der Waals surface area (Å²) in [4.78, 5) is 4.61. The Kier molecular flexibility index (Phi) is 4.96. The van der Waals surface area contributed by atoms with E-state index in [0.717, 1.165) is 47.9 Å². The highest BCUT2D eigenvalue weighted by atomic mass is 35.5. The second-order valence-electron chi connectivity index (χ2n) is 4.98. The highest BCUT2D eigenvalue weighted by Gasteiger charge is 2.09. The molecule has 0 unspecified atom stereocenters. The minimum Gasteiger partial charge on any atom is -0.249 e. The van der Waals surface area contributed by atoms with E-state index in [1.54, 1.807) is 0 Å². The van der Waals surface area contributed by atoms with Crippen molar-refractivity contribution in [1.82, 2.24) is 14.8 Å². The fourth-order valence-corrected chi connectivity index (χ4v) is 2.29. The molecule has 1 heterocycles. The number of benzene rings is 1. The van der Waals surface area contributed by atoms with Crippen LogP contribution in [0.4, 0.5) is 0 Å². The number of hydrogen-bond donors (Lipinski definition) is 0. The summed E-state index contributed by atoms with van der Waals surface area (Å²) in [7, 11) is 1.92. The first-order chi connectivity index (χ1) is 9.60. The summed E-state index contributed by atoms with van der Waals surface area (Å²) in [6.45, 7) is 6.25. The molecule has 3 nitrogen and oxygen atoms in total. The molecule has 106 valence electrons. The Morgan fingerprint density at radius 3 is 2.60 bits per heavy atom. The monoisotopic (exact) mass is 289 g/mol. The number of aryl methyl sites for hydroxylation is 2. The summed E-state index contributed by atoms with van der Waals surface area (Å²) in [5.74, 6) is 1.74. The van der Waals surface area contributed by atoms with E-state index in [0.29, 0.717) is 0 Å². The molecule has 0 atom stereocenters. The van der Waals surface area contributed by atoms with Crippen molar-refractivity contribution >= 4 is 11.6 Å². The van der Waals surface area contributed by atoms with Gasteiger partial charge in [0.2, 0.25) is 0 Å². The van der Waals surface area contributed by atoms with Gasteiger partial charge in [-0.2, -0.15) is 5.10 Å². The van der Waals surface area contributed by atoms with Crippen LogP contribution in [0.5, 0.6) is 0 Å². The van der Waals surface area contributed by atoms with Crippen molar-refractivity contribution in [3.63, 3.8) is 0 Å². The number of hydrogen-bond acceptors (Lipinski definition) is 2. The first-order valence-electron chi connectivity index (χ1n) is 6.92. The Hall–Kier alpha value is -1.61. The van der Waals surface area contributed by atoms with Gasteiger partial charge in [-0.15, -0.1) is 0 Å². The van der Waals surface area contributed by atoms with Crippen molar-refractivity contribution in [2.24, 2.45) is 7.05 Å². The zero-order valence-electron chi connectivity index (χ0n) is 12.1. The minimum absolute atomic E-state index is 0.729. The van der Waals surface area contributed by atoms with Gasteiger partial charge in [0.15, 0.2) is 11.6 Å². The normalized spacial score (nSPS) is 10.8. The molecule has 0 aliphatic rings. The Balaban J connectivity index is 2.09. The maximum absolute atomic E-state index is 5.91. The molecule has 0 radical (unpaired) electrons. The maximum atomic E-state index is 5.91. The quantitative estimate of drug-likeness (QED) is 0.737. The van der Waals surface area contributed by atoms with Crippen LogP contribution in [-0.4, -0.2) is 14.8 Å². The lowest BCUT2D eigenvalue weighted by molar-refractivity contribution is 0.732. The van der Waals surface area contributed by atoms with Crippen molar-refractivity contribution < 1.29 is 0 Å². The topological polar surface area (TPSA) is 30.7 Å². The number of nitrogens with zero attached hydrogens (tertiary/aromatic N) is 3. The highest BCUT2D eigenvalue weighted by Crippen LogP contribution is 2.20. The van der Waals surface area contributed by atoms with Crippen LogP contribution >= 0.6 is 11.6 Å². The number of rotatable bonds is 6. The van der Waals surface area contributed by atoms with E-state index >= 15 is 0 Å². The number of halogens is 1. The van der Waals surface area contributed by atoms with Crippen LogP contribution in [0.15, 0.2) is 36.4 Å². The van der Waals surface area contributed by atoms with E-state index in [2.05, 4.69) is 23.6 Å². The zero-order valence-corrected chi connectivity index (χ0v) is 12.8. The summed E-state index contributed by atoms with van der Waals surface area (Å²) in [5.41, 5.74) is 2.30. The van der Waals surface area contributed by atoms with Crippen molar-refractivity contribution in [3.8, 4) is 11.4 Å². The van der Waals surface area contributed by atoms with Gasteiger partial charge in [-0.3, -0.25) is 0 Å². The van der Waals surface area contributed by atoms with Crippen LogP contribution in [0.2, 0.25) is 5.02 Å². The fraction of sp³-hybridized carbons (Fsp3) is 0.375. The van der Waals surface area contributed by atoms with Gasteiger partial charge in [-0.05, 0) is 37.1 Å². The predicted molar refractivity (Wildman–Crippen MR) is 83.8 cm³/mol. The largest absolute Gasteiger partial charge is 0.249 e. The molecule has 1 aromatic heterocycles. The molecule has 0 saturated heterocycles. The molecule has 0 amide bonds. The molecule has 0 fully saturated rings. The van der Waals surface area contributed by atoms with E-state index in [4.69, 9.17) is 11.6 Å². The summed E-state index contributed by atoms with van der Waals surface area (Å²) in [5, 5.41) is 5.20. The average molecular weight is 290 g/mol. The van der Waals surface area contributed by atoms with Gasteiger partial charge in [0.05, 0.1) is 0 Å². The third-order valence-electron chi connectivity index (χ3n) is 3.22. The lowest BCUT2D eigenvalue weighted by Crippen LogP contribution is -1.95. The van der Waals surface area contributed by atoms with Gasteiger partial charge < -0.3 is 0 Å². The second-order valence-corrected chi connectivity index (χ2v) is 5.42. The van der Waals surface area contributed by atoms with Crippen LogP contribution in [0.3, 0.4) is 0 Å². The van der Waals surface area contributed by atoms with Crippen molar-refractivity contribution in [2.75, 3.05) is 0 Å². The number of aromatic nitrogens is 3. The van der Waals surface area contributed by atoms with E-state index < -0.39 is 0 Å². The smallest absolute Gasteiger partial charge is 0.158 e. The third-order valence-corrected chi connectivity index (χ3v) is 3.47. The first kappa shape index (κ1) is 14.8. The summed E-state index contributed by atoms with van der Waals surface area (Å²) in [6.07, 6.45) is 4.03. The van der Waals surface area contributed by atoms with E-state index in [1.807, 2.05) is 36.0 Å². The SMILES string of the molecule is C=C(CCC)CCc1nc(-c2ccc(Cl)cc2)n(C)n1. The Bertz CT molecular complexity index is 584. The molecule has 0 aliphatic heterocycles. The molecular formula is C16H20ClN3. The maximum Gasteiger partial charge on any atom is 0.158 e. The van der Waals surface area contributed by atoms with E-state index in [9.17, 15) is 0 Å². The number of allylic oxidation sites excluding steroid dienone is 1. The second kappa shape index (κ2) is 6.71. The molecular weight excluding hydrogens is 270 g/mol. The molecule has 2 aromatic rings. The van der Waals surface area contributed by atoms with Crippen LogP contribution in [0, 0.1) is 0 Å². The van der Waals surface area contributed by atoms with Crippen LogP contribution < -0.4 is 0 Å². The molecule has 0 N–H and O–H groups in total. The molecule has 0 bridgehead atoms. The van der Waals surface area contributed by atoms with Crippen molar-refractivity contribution in [2.45, 2.75) is 32.6 Å². The molecule has 4 heteroatoms. The van der Waals surface area contributed by atoms with E-state index in [-0.39, 0.29) is 0 Å². The Morgan fingerprint density at radius 1 is 1.25 bits per heavy atom. The van der Waals surface area contributed by atoms with Gasteiger partial charge in [-0.25, -0.2) is 9.67 Å². The van der Waals surface area contributed by atoms with Gasteiger partial charge in [0, 0.05) is 24.1 Å². The molecule has 2 rings (SSSR count). The average Bonchev–Trinajstić information content (AvgIpc) is 2.79. The van der Waals surface area contributed by atoms with Gasteiger partial charge in [-0.1, -0.05) is 37.1 Å². The van der Waals surface area contributed by atoms with Gasteiger partial charge in [0.25, 0.3) is 0 Å². The van der Waals surface area contributed by atoms with Crippen LogP contribution in [-0.2, 0) is 13.5 Å². The summed E-state index contributed by atoms with van der Waals surface area (Å²) in [6, 6.07) is 7.67. The fourth-order valence-electron chi connectivity index (χ4n) is 2.16. The third kappa shape index (κ3) is 3.70. The Labute approximate surface area is 125 Å². The van der Waals surface area contributed by atoms with Crippen LogP contribution in [0.1, 0.15) is 32.0 Å². The molecule has 0 saturated carbocycles. The van der Waals surface area contributed by atoms with Gasteiger partial charge in [0.1, 0.15) is 0 Å². The van der Waals surface area contributed by atoms with E-state index in [1.165, 1.54) is 5.57 Å². The van der Waals surface area contributed by atoms with Gasteiger partial charge >= 0.3 is 0 Å². The lowest BCUT2D eigenvalue weighted by atomic mass is 10.1.